The van der Waals surface area contributed by atoms with Crippen molar-refractivity contribution in [2.45, 2.75) is 31.7 Å². The average molecular weight is 249 g/mol. The number of fused-ring (bicyclic) bond motifs is 1. The Morgan fingerprint density at radius 1 is 1.33 bits per heavy atom. The number of benzene rings is 1. The maximum Gasteiger partial charge on any atom is 0.119 e. The smallest absolute Gasteiger partial charge is 0.119 e. The fraction of sp³-hybridized carbons (Fsp3) is 0.600. The van der Waals surface area contributed by atoms with Gasteiger partial charge in [0.1, 0.15) is 5.75 Å². The standard InChI is InChI=1S/C15H23NO2/c1-16-15-6-3-5-12-11-13(7-8-14(12)15)18-10-4-9-17-2/h7-8,11,15-16H,3-6,9-10H2,1-2H3. The molecule has 0 heterocycles. The Labute approximate surface area is 109 Å². The Morgan fingerprint density at radius 2 is 2.22 bits per heavy atom. The maximum atomic E-state index is 5.74. The molecule has 0 bridgehead atoms. The molecule has 3 nitrogen and oxygen atoms in total. The van der Waals surface area contributed by atoms with Crippen LogP contribution in [0, 0.1) is 0 Å². The zero-order chi connectivity index (χ0) is 12.8. The van der Waals surface area contributed by atoms with Crippen LogP contribution < -0.4 is 10.1 Å². The maximum absolute atomic E-state index is 5.74. The fourth-order valence-electron chi connectivity index (χ4n) is 2.57. The van der Waals surface area contributed by atoms with Crippen LogP contribution in [0.2, 0.25) is 0 Å². The summed E-state index contributed by atoms with van der Waals surface area (Å²) in [5, 5.41) is 3.38. The molecule has 3 heteroatoms. The quantitative estimate of drug-likeness (QED) is 0.786. The van der Waals surface area contributed by atoms with E-state index in [9.17, 15) is 0 Å². The third-order valence-corrected chi connectivity index (χ3v) is 3.54. The minimum absolute atomic E-state index is 0.510. The van der Waals surface area contributed by atoms with Gasteiger partial charge in [0.25, 0.3) is 0 Å². The molecule has 0 amide bonds. The minimum atomic E-state index is 0.510. The number of hydrogen-bond acceptors (Lipinski definition) is 3. The molecule has 1 aromatic rings. The molecule has 1 aromatic carbocycles. The molecule has 0 saturated heterocycles. The van der Waals surface area contributed by atoms with Crippen LogP contribution in [0.5, 0.6) is 5.75 Å². The van der Waals surface area contributed by atoms with E-state index in [-0.39, 0.29) is 0 Å². The van der Waals surface area contributed by atoms with Crippen molar-refractivity contribution in [3.05, 3.63) is 29.3 Å². The predicted molar refractivity (Wildman–Crippen MR) is 73.2 cm³/mol. The van der Waals surface area contributed by atoms with Crippen LogP contribution in [0.3, 0.4) is 0 Å². The first-order valence-electron chi connectivity index (χ1n) is 6.77. The second kappa shape index (κ2) is 6.76. The van der Waals surface area contributed by atoms with Crippen LogP contribution in [-0.4, -0.2) is 27.4 Å². The van der Waals surface area contributed by atoms with Gasteiger partial charge in [0, 0.05) is 26.2 Å². The van der Waals surface area contributed by atoms with Gasteiger partial charge in [-0.2, -0.15) is 0 Å². The summed E-state index contributed by atoms with van der Waals surface area (Å²) in [6, 6.07) is 7.00. The SMILES string of the molecule is CNC1CCCc2cc(OCCCOC)ccc21. The molecular weight excluding hydrogens is 226 g/mol. The van der Waals surface area contributed by atoms with Crippen LogP contribution in [0.1, 0.15) is 36.4 Å². The van der Waals surface area contributed by atoms with Gasteiger partial charge in [0.15, 0.2) is 0 Å². The van der Waals surface area contributed by atoms with E-state index in [2.05, 4.69) is 23.5 Å². The second-order valence-electron chi connectivity index (χ2n) is 4.79. The zero-order valence-corrected chi connectivity index (χ0v) is 11.4. The number of methoxy groups -OCH3 is 1. The molecule has 1 atom stereocenters. The number of hydrogen-bond donors (Lipinski definition) is 1. The van der Waals surface area contributed by atoms with E-state index >= 15 is 0 Å². The van der Waals surface area contributed by atoms with E-state index in [1.54, 1.807) is 7.11 Å². The van der Waals surface area contributed by atoms with Gasteiger partial charge < -0.3 is 14.8 Å². The molecule has 1 aliphatic rings. The summed E-state index contributed by atoms with van der Waals surface area (Å²) in [5.41, 5.74) is 2.87. The van der Waals surface area contributed by atoms with E-state index in [1.165, 1.54) is 30.4 Å². The Bertz CT molecular complexity index is 379. The van der Waals surface area contributed by atoms with Crippen LogP contribution in [0.15, 0.2) is 18.2 Å². The summed E-state index contributed by atoms with van der Waals surface area (Å²) < 4.78 is 10.8. The van der Waals surface area contributed by atoms with Crippen molar-refractivity contribution in [1.29, 1.82) is 0 Å². The van der Waals surface area contributed by atoms with Gasteiger partial charge in [-0.3, -0.25) is 0 Å². The molecule has 0 radical (unpaired) electrons. The fourth-order valence-corrected chi connectivity index (χ4v) is 2.57. The highest BCUT2D eigenvalue weighted by molar-refractivity contribution is 5.39. The van der Waals surface area contributed by atoms with Crippen molar-refractivity contribution < 1.29 is 9.47 Å². The first kappa shape index (κ1) is 13.4. The minimum Gasteiger partial charge on any atom is -0.493 e. The highest BCUT2D eigenvalue weighted by Gasteiger charge is 2.18. The first-order valence-corrected chi connectivity index (χ1v) is 6.77. The van der Waals surface area contributed by atoms with Crippen LogP contribution >= 0.6 is 0 Å². The Morgan fingerprint density at radius 3 is 3.00 bits per heavy atom. The van der Waals surface area contributed by atoms with Gasteiger partial charge in [-0.15, -0.1) is 0 Å². The topological polar surface area (TPSA) is 30.5 Å². The van der Waals surface area contributed by atoms with Gasteiger partial charge in [0.05, 0.1) is 6.61 Å². The summed E-state index contributed by atoms with van der Waals surface area (Å²) in [7, 11) is 3.76. The lowest BCUT2D eigenvalue weighted by atomic mass is 9.87. The van der Waals surface area contributed by atoms with Crippen molar-refractivity contribution in [3.63, 3.8) is 0 Å². The second-order valence-corrected chi connectivity index (χ2v) is 4.79. The van der Waals surface area contributed by atoms with E-state index in [1.807, 2.05) is 7.05 Å². The molecule has 1 aliphatic carbocycles. The van der Waals surface area contributed by atoms with Crippen molar-refractivity contribution in [1.82, 2.24) is 5.32 Å². The number of nitrogens with one attached hydrogen (secondary N) is 1. The van der Waals surface area contributed by atoms with E-state index in [4.69, 9.17) is 9.47 Å². The summed E-state index contributed by atoms with van der Waals surface area (Å²) in [5.74, 6) is 0.988. The lowest BCUT2D eigenvalue weighted by Gasteiger charge is -2.25. The van der Waals surface area contributed by atoms with Gasteiger partial charge in [0.2, 0.25) is 0 Å². The molecule has 1 unspecified atom stereocenters. The molecule has 100 valence electrons. The molecule has 0 aliphatic heterocycles. The highest BCUT2D eigenvalue weighted by Crippen LogP contribution is 2.31. The Hall–Kier alpha value is -1.06. The van der Waals surface area contributed by atoms with E-state index < -0.39 is 0 Å². The summed E-state index contributed by atoms with van der Waals surface area (Å²) >= 11 is 0. The molecule has 18 heavy (non-hydrogen) atoms. The normalized spacial score (nSPS) is 18.4. The van der Waals surface area contributed by atoms with E-state index in [0.717, 1.165) is 25.4 Å². The van der Waals surface area contributed by atoms with Crippen molar-refractivity contribution >= 4 is 0 Å². The third kappa shape index (κ3) is 3.24. The molecule has 2 rings (SSSR count). The van der Waals surface area contributed by atoms with Gasteiger partial charge in [-0.05, 0) is 49.6 Å². The van der Waals surface area contributed by atoms with Crippen molar-refractivity contribution in [2.24, 2.45) is 0 Å². The Balaban J connectivity index is 1.98. The van der Waals surface area contributed by atoms with Crippen molar-refractivity contribution in [2.75, 3.05) is 27.4 Å². The summed E-state index contributed by atoms with van der Waals surface area (Å²) in [6.45, 7) is 1.48. The summed E-state index contributed by atoms with van der Waals surface area (Å²) in [4.78, 5) is 0. The van der Waals surface area contributed by atoms with Crippen LogP contribution in [-0.2, 0) is 11.2 Å². The monoisotopic (exact) mass is 249 g/mol. The van der Waals surface area contributed by atoms with Crippen LogP contribution in [0.4, 0.5) is 0 Å². The van der Waals surface area contributed by atoms with Gasteiger partial charge in [-0.25, -0.2) is 0 Å². The number of ether oxygens (including phenoxy) is 2. The summed E-state index contributed by atoms with van der Waals surface area (Å²) in [6.07, 6.45) is 4.60. The average Bonchev–Trinajstić information content (AvgIpc) is 2.42. The third-order valence-electron chi connectivity index (χ3n) is 3.54. The Kier molecular flexibility index (Phi) is 5.02. The van der Waals surface area contributed by atoms with Crippen molar-refractivity contribution in [3.8, 4) is 5.75 Å². The first-order chi connectivity index (χ1) is 8.85. The van der Waals surface area contributed by atoms with Crippen LogP contribution in [0.25, 0.3) is 0 Å². The van der Waals surface area contributed by atoms with E-state index in [0.29, 0.717) is 6.04 Å². The molecular formula is C15H23NO2. The molecule has 0 spiro atoms. The number of aryl methyl sites for hydroxylation is 1. The zero-order valence-electron chi connectivity index (χ0n) is 11.4. The molecule has 0 saturated carbocycles. The van der Waals surface area contributed by atoms with Gasteiger partial charge in [-0.1, -0.05) is 6.07 Å². The lowest BCUT2D eigenvalue weighted by Crippen LogP contribution is -2.21. The largest absolute Gasteiger partial charge is 0.493 e. The van der Waals surface area contributed by atoms with Gasteiger partial charge >= 0.3 is 0 Å². The lowest BCUT2D eigenvalue weighted by molar-refractivity contribution is 0.172. The molecule has 0 fully saturated rings. The predicted octanol–water partition coefficient (Wildman–Crippen LogP) is 2.70. The highest BCUT2D eigenvalue weighted by atomic mass is 16.5. The molecule has 1 N–H and O–H groups in total. The molecule has 0 aromatic heterocycles. The number of rotatable bonds is 6.